The van der Waals surface area contributed by atoms with E-state index < -0.39 is 17.7 Å². The van der Waals surface area contributed by atoms with Crippen LogP contribution >= 0.6 is 23.1 Å². The molecule has 0 atom stereocenters. The summed E-state index contributed by atoms with van der Waals surface area (Å²) in [4.78, 5) is 50.8. The molecule has 3 aromatic rings. The summed E-state index contributed by atoms with van der Waals surface area (Å²) in [6.07, 6.45) is 0. The number of nitrogens with one attached hydrogen (secondary N) is 1. The zero-order chi connectivity index (χ0) is 23.4. The summed E-state index contributed by atoms with van der Waals surface area (Å²) in [5.41, 5.74) is 1.50. The standard InChI is InChI=1S/C22H18N4O5S2/c1-2-31-17(27)12-32-22-25-24-21(33-22)23-18(28)14-8-9-15-16(10-14)20(30)26(19(15)29)11-13-6-4-3-5-7-13/h3-10H,2,11-12H2,1H3,(H,23,24,28). The highest BCUT2D eigenvalue weighted by atomic mass is 32.2. The second-order valence-corrected chi connectivity index (χ2v) is 9.06. The molecule has 9 nitrogen and oxygen atoms in total. The van der Waals surface area contributed by atoms with Crippen LogP contribution in [0.5, 0.6) is 0 Å². The number of esters is 1. The van der Waals surface area contributed by atoms with Crippen molar-refractivity contribution in [2.45, 2.75) is 17.8 Å². The molecule has 0 saturated carbocycles. The quantitative estimate of drug-likeness (QED) is 0.225. The molecular formula is C22H18N4O5S2. The SMILES string of the molecule is CCOC(=O)CSc1nnc(NC(=O)c2ccc3c(c2)C(=O)N(Cc2ccccc2)C3=O)s1. The van der Waals surface area contributed by atoms with E-state index in [1.165, 1.54) is 23.1 Å². The topological polar surface area (TPSA) is 119 Å². The van der Waals surface area contributed by atoms with E-state index in [-0.39, 0.29) is 40.1 Å². The van der Waals surface area contributed by atoms with Gasteiger partial charge in [-0.05, 0) is 30.7 Å². The molecule has 2 heterocycles. The Kier molecular flexibility index (Phi) is 6.80. The lowest BCUT2D eigenvalue weighted by Gasteiger charge is -2.13. The van der Waals surface area contributed by atoms with Crippen molar-refractivity contribution in [1.82, 2.24) is 15.1 Å². The summed E-state index contributed by atoms with van der Waals surface area (Å²) in [7, 11) is 0. The van der Waals surface area contributed by atoms with E-state index in [4.69, 9.17) is 4.74 Å². The molecule has 33 heavy (non-hydrogen) atoms. The van der Waals surface area contributed by atoms with E-state index in [9.17, 15) is 19.2 Å². The molecule has 1 aliphatic heterocycles. The Morgan fingerprint density at radius 3 is 2.58 bits per heavy atom. The molecule has 1 aliphatic rings. The first kappa shape index (κ1) is 22.6. The monoisotopic (exact) mass is 482 g/mol. The highest BCUT2D eigenvalue weighted by Crippen LogP contribution is 2.28. The zero-order valence-electron chi connectivity index (χ0n) is 17.4. The van der Waals surface area contributed by atoms with E-state index in [0.29, 0.717) is 10.9 Å². The number of carbonyl (C=O) groups is 4. The van der Waals surface area contributed by atoms with Crippen LogP contribution in [0, 0.1) is 0 Å². The van der Waals surface area contributed by atoms with Crippen molar-refractivity contribution in [3.8, 4) is 0 Å². The minimum Gasteiger partial charge on any atom is -0.465 e. The minimum atomic E-state index is -0.488. The molecule has 1 aromatic heterocycles. The van der Waals surface area contributed by atoms with Gasteiger partial charge in [0.2, 0.25) is 5.13 Å². The van der Waals surface area contributed by atoms with Gasteiger partial charge in [-0.25, -0.2) is 0 Å². The lowest BCUT2D eigenvalue weighted by molar-refractivity contribution is -0.139. The molecule has 3 amide bonds. The molecule has 0 aliphatic carbocycles. The Morgan fingerprint density at radius 2 is 1.82 bits per heavy atom. The molecule has 1 N–H and O–H groups in total. The summed E-state index contributed by atoms with van der Waals surface area (Å²) < 4.78 is 5.36. The third-order valence-corrected chi connectivity index (χ3v) is 6.61. The number of hydrogen-bond donors (Lipinski definition) is 1. The fraction of sp³-hybridized carbons (Fsp3) is 0.182. The number of nitrogens with zero attached hydrogens (tertiary/aromatic N) is 3. The second-order valence-electron chi connectivity index (χ2n) is 6.86. The number of hydrogen-bond acceptors (Lipinski definition) is 9. The van der Waals surface area contributed by atoms with Crippen molar-refractivity contribution >= 4 is 51.9 Å². The Labute approximate surface area is 197 Å². The average Bonchev–Trinajstić information content (AvgIpc) is 3.36. The third-order valence-electron chi connectivity index (χ3n) is 4.66. The molecule has 0 bridgehead atoms. The summed E-state index contributed by atoms with van der Waals surface area (Å²) in [6, 6.07) is 13.6. The zero-order valence-corrected chi connectivity index (χ0v) is 19.1. The molecule has 0 radical (unpaired) electrons. The van der Waals surface area contributed by atoms with Crippen LogP contribution in [0.3, 0.4) is 0 Å². The van der Waals surface area contributed by atoms with E-state index >= 15 is 0 Å². The van der Waals surface area contributed by atoms with Crippen molar-refractivity contribution in [2.24, 2.45) is 0 Å². The van der Waals surface area contributed by atoms with Gasteiger partial charge in [0, 0.05) is 5.56 Å². The van der Waals surface area contributed by atoms with Gasteiger partial charge in [-0.3, -0.25) is 29.4 Å². The Hall–Kier alpha value is -3.57. The number of thioether (sulfide) groups is 1. The van der Waals surface area contributed by atoms with Crippen LogP contribution in [0.25, 0.3) is 0 Å². The van der Waals surface area contributed by atoms with Crippen LogP contribution in [0.4, 0.5) is 5.13 Å². The number of imide groups is 1. The molecule has 4 rings (SSSR count). The van der Waals surface area contributed by atoms with Gasteiger partial charge in [-0.15, -0.1) is 10.2 Å². The summed E-state index contributed by atoms with van der Waals surface area (Å²) in [5.74, 6) is -1.59. The maximum Gasteiger partial charge on any atom is 0.316 e. The predicted octanol–water partition coefficient (Wildman–Crippen LogP) is 3.24. The van der Waals surface area contributed by atoms with Gasteiger partial charge in [0.15, 0.2) is 4.34 Å². The third kappa shape index (κ3) is 5.10. The summed E-state index contributed by atoms with van der Waals surface area (Å²) in [5, 5.41) is 10.7. The molecule has 0 spiro atoms. The Balaban J connectivity index is 1.43. The van der Waals surface area contributed by atoms with Crippen LogP contribution in [-0.4, -0.2) is 51.1 Å². The smallest absolute Gasteiger partial charge is 0.316 e. The fourth-order valence-corrected chi connectivity index (χ4v) is 4.70. The summed E-state index contributed by atoms with van der Waals surface area (Å²) >= 11 is 2.28. The van der Waals surface area contributed by atoms with E-state index in [1.54, 1.807) is 6.92 Å². The van der Waals surface area contributed by atoms with Gasteiger partial charge in [0.25, 0.3) is 17.7 Å². The van der Waals surface area contributed by atoms with Crippen molar-refractivity contribution in [3.63, 3.8) is 0 Å². The highest BCUT2D eigenvalue weighted by Gasteiger charge is 2.36. The number of benzene rings is 2. The minimum absolute atomic E-state index is 0.0941. The molecule has 0 unspecified atom stereocenters. The lowest BCUT2D eigenvalue weighted by atomic mass is 10.1. The number of ether oxygens (including phenoxy) is 1. The van der Waals surface area contributed by atoms with Crippen LogP contribution in [0.1, 0.15) is 43.6 Å². The highest BCUT2D eigenvalue weighted by molar-refractivity contribution is 8.01. The number of rotatable bonds is 8. The predicted molar refractivity (Wildman–Crippen MR) is 122 cm³/mol. The van der Waals surface area contributed by atoms with E-state index in [2.05, 4.69) is 15.5 Å². The van der Waals surface area contributed by atoms with Gasteiger partial charge in [0.05, 0.1) is 30.0 Å². The van der Waals surface area contributed by atoms with Gasteiger partial charge < -0.3 is 4.74 Å². The van der Waals surface area contributed by atoms with Crippen molar-refractivity contribution in [2.75, 3.05) is 17.7 Å². The molecular weight excluding hydrogens is 464 g/mol. The largest absolute Gasteiger partial charge is 0.465 e. The first-order valence-corrected chi connectivity index (χ1v) is 11.7. The van der Waals surface area contributed by atoms with Crippen molar-refractivity contribution in [3.05, 3.63) is 70.8 Å². The molecule has 168 valence electrons. The molecule has 2 aromatic carbocycles. The molecule has 0 fully saturated rings. The second kappa shape index (κ2) is 9.92. The summed E-state index contributed by atoms with van der Waals surface area (Å²) in [6.45, 7) is 2.19. The van der Waals surface area contributed by atoms with Gasteiger partial charge in [-0.1, -0.05) is 53.4 Å². The van der Waals surface area contributed by atoms with Crippen LogP contribution in [0.15, 0.2) is 52.9 Å². The van der Waals surface area contributed by atoms with E-state index in [0.717, 1.165) is 28.7 Å². The Bertz CT molecular complexity index is 1230. The van der Waals surface area contributed by atoms with Gasteiger partial charge in [0.1, 0.15) is 0 Å². The van der Waals surface area contributed by atoms with Crippen LogP contribution in [-0.2, 0) is 16.1 Å². The normalized spacial score (nSPS) is 12.6. The number of carbonyl (C=O) groups excluding carboxylic acids is 4. The average molecular weight is 483 g/mol. The molecule has 0 saturated heterocycles. The van der Waals surface area contributed by atoms with Crippen molar-refractivity contribution < 1.29 is 23.9 Å². The lowest BCUT2D eigenvalue weighted by Crippen LogP contribution is -2.29. The van der Waals surface area contributed by atoms with E-state index in [1.807, 2.05) is 30.3 Å². The molecule has 11 heteroatoms. The maximum absolute atomic E-state index is 12.8. The first-order valence-electron chi connectivity index (χ1n) is 9.93. The maximum atomic E-state index is 12.8. The Morgan fingerprint density at radius 1 is 1.06 bits per heavy atom. The number of fused-ring (bicyclic) bond motifs is 1. The first-order chi connectivity index (χ1) is 16.0. The van der Waals surface area contributed by atoms with Gasteiger partial charge >= 0.3 is 5.97 Å². The van der Waals surface area contributed by atoms with Crippen LogP contribution in [0.2, 0.25) is 0 Å². The van der Waals surface area contributed by atoms with Crippen LogP contribution < -0.4 is 5.32 Å². The number of amides is 3. The van der Waals surface area contributed by atoms with Gasteiger partial charge in [-0.2, -0.15) is 0 Å². The number of anilines is 1. The fourth-order valence-electron chi connectivity index (χ4n) is 3.15. The number of aromatic nitrogens is 2. The van der Waals surface area contributed by atoms with Crippen molar-refractivity contribution in [1.29, 1.82) is 0 Å².